The van der Waals surface area contributed by atoms with Crippen LogP contribution >= 0.6 is 61.8 Å². The summed E-state index contributed by atoms with van der Waals surface area (Å²) in [5.41, 5.74) is 2.03. The Morgan fingerprint density at radius 3 is 2.02 bits per heavy atom. The summed E-state index contributed by atoms with van der Waals surface area (Å²) in [6, 6.07) is 20.0. The molecule has 1 saturated heterocycles. The maximum atomic E-state index is 11.1. The lowest BCUT2D eigenvalue weighted by Crippen LogP contribution is -2.55. The Labute approximate surface area is 312 Å². The standard InChI is InChI=1S/C37H39BrCl2O7S2/c1-17(2)45-23-7-5-19-10-25(48-28(19)14-23)11-21-9-22(36-35(44)34(43)33(42)27(16-41)47-36)12-26(32(21)39)31(37(38)40)30-13-20-6-8-24(46-18(3)4)15-29(20)49-30/h5-10,12-15,17-18,27,31,33-37,41-44H,11,16H2,1-4H3/t27-,31?,33-,34+,35-,36+,37?/m1/s1. The van der Waals surface area contributed by atoms with Gasteiger partial charge in [0, 0.05) is 36.5 Å². The molecule has 4 N–H and O–H groups in total. The first-order valence-corrected chi connectivity index (χ1v) is 19.5. The maximum absolute atomic E-state index is 11.1. The smallest absolute Gasteiger partial charge is 0.121 e. The fourth-order valence-electron chi connectivity index (χ4n) is 6.26. The molecule has 2 aromatic heterocycles. The summed E-state index contributed by atoms with van der Waals surface area (Å²) in [4.78, 5) is 2.03. The van der Waals surface area contributed by atoms with Gasteiger partial charge in [0.25, 0.3) is 0 Å². The zero-order valence-corrected chi connectivity index (χ0v) is 32.1. The van der Waals surface area contributed by atoms with Crippen LogP contribution in [0, 0.1) is 0 Å². The lowest BCUT2D eigenvalue weighted by molar-refractivity contribution is -0.231. The van der Waals surface area contributed by atoms with Crippen molar-refractivity contribution < 1.29 is 34.6 Å². The molecule has 2 unspecified atom stereocenters. The van der Waals surface area contributed by atoms with Crippen LogP contribution in [0.25, 0.3) is 20.2 Å². The van der Waals surface area contributed by atoms with Gasteiger partial charge in [-0.25, -0.2) is 0 Å². The first-order chi connectivity index (χ1) is 23.3. The van der Waals surface area contributed by atoms with E-state index in [0.717, 1.165) is 47.0 Å². The van der Waals surface area contributed by atoms with E-state index < -0.39 is 47.3 Å². The van der Waals surface area contributed by atoms with E-state index in [9.17, 15) is 20.4 Å². The number of rotatable bonds is 11. The second-order valence-corrected chi connectivity index (χ2v) is 17.6. The van der Waals surface area contributed by atoms with Crippen LogP contribution in [-0.4, -0.2) is 67.9 Å². The third-order valence-corrected chi connectivity index (χ3v) is 12.0. The van der Waals surface area contributed by atoms with Gasteiger partial charge in [0.05, 0.1) is 18.8 Å². The van der Waals surface area contributed by atoms with Gasteiger partial charge in [-0.05, 0) is 104 Å². The molecule has 7 atom stereocenters. The summed E-state index contributed by atoms with van der Waals surface area (Å²) in [7, 11) is 0. The molecule has 6 rings (SSSR count). The summed E-state index contributed by atoms with van der Waals surface area (Å²) in [6.45, 7) is 7.44. The SMILES string of the molecule is CC(C)Oc1ccc2cc(Cc3cc([C@@H]4O[C@H](CO)[C@@H](O)[C@H](O)[C@H]4O)cc(C(c4cc5ccc(OC(C)C)cc5s4)C(Cl)Br)c3Cl)sc2c1. The molecule has 0 bridgehead atoms. The fourth-order valence-corrected chi connectivity index (χ4v) is 10.0. The molecule has 0 radical (unpaired) electrons. The predicted molar refractivity (Wildman–Crippen MR) is 203 cm³/mol. The minimum absolute atomic E-state index is 0.0399. The third kappa shape index (κ3) is 7.94. The number of aliphatic hydroxyl groups is 4. The van der Waals surface area contributed by atoms with Crippen LogP contribution < -0.4 is 9.47 Å². The Hall–Kier alpha value is -1.96. The minimum atomic E-state index is -1.53. The summed E-state index contributed by atoms with van der Waals surface area (Å²) in [5, 5.41) is 44.9. The number of alkyl halides is 2. The summed E-state index contributed by atoms with van der Waals surface area (Å²) < 4.78 is 19.4. The number of aliphatic hydroxyl groups excluding tert-OH is 4. The average molecular weight is 811 g/mol. The highest BCUT2D eigenvalue weighted by Crippen LogP contribution is 2.46. The number of ether oxygens (including phenoxy) is 3. The summed E-state index contributed by atoms with van der Waals surface area (Å²) in [6.07, 6.45) is -6.00. The van der Waals surface area contributed by atoms with Gasteiger partial charge >= 0.3 is 0 Å². The molecule has 3 heterocycles. The molecule has 0 amide bonds. The molecule has 0 spiro atoms. The van der Waals surface area contributed by atoms with Crippen LogP contribution in [0.2, 0.25) is 5.02 Å². The van der Waals surface area contributed by atoms with Crippen molar-refractivity contribution in [2.75, 3.05) is 6.61 Å². The molecule has 1 fully saturated rings. The highest BCUT2D eigenvalue weighted by molar-refractivity contribution is 9.10. The van der Waals surface area contributed by atoms with E-state index in [-0.39, 0.29) is 12.2 Å². The van der Waals surface area contributed by atoms with Gasteiger partial charge in [-0.15, -0.1) is 34.3 Å². The molecule has 12 heteroatoms. The van der Waals surface area contributed by atoms with Crippen molar-refractivity contribution in [3.05, 3.63) is 92.1 Å². The number of thiophene rings is 2. The molecule has 7 nitrogen and oxygen atoms in total. The molecule has 262 valence electrons. The van der Waals surface area contributed by atoms with Gasteiger partial charge < -0.3 is 34.6 Å². The highest BCUT2D eigenvalue weighted by atomic mass is 79.9. The van der Waals surface area contributed by atoms with Crippen molar-refractivity contribution in [1.82, 2.24) is 0 Å². The van der Waals surface area contributed by atoms with E-state index in [1.54, 1.807) is 22.7 Å². The van der Waals surface area contributed by atoms with E-state index in [0.29, 0.717) is 22.6 Å². The van der Waals surface area contributed by atoms with E-state index in [2.05, 4.69) is 28.1 Å². The number of benzene rings is 3. The number of fused-ring (bicyclic) bond motifs is 2. The average Bonchev–Trinajstić information content (AvgIpc) is 3.64. The zero-order chi connectivity index (χ0) is 35.1. The van der Waals surface area contributed by atoms with Gasteiger partial charge in [0.1, 0.15) is 46.3 Å². The Morgan fingerprint density at radius 1 is 0.816 bits per heavy atom. The maximum Gasteiger partial charge on any atom is 0.121 e. The van der Waals surface area contributed by atoms with Crippen molar-refractivity contribution in [1.29, 1.82) is 0 Å². The third-order valence-electron chi connectivity index (χ3n) is 8.47. The van der Waals surface area contributed by atoms with Gasteiger partial charge in [-0.2, -0.15) is 0 Å². The lowest BCUT2D eigenvalue weighted by Gasteiger charge is -2.40. The Bertz CT molecular complexity index is 1920. The zero-order valence-electron chi connectivity index (χ0n) is 27.3. The van der Waals surface area contributed by atoms with Crippen LogP contribution in [0.3, 0.4) is 0 Å². The van der Waals surface area contributed by atoms with E-state index in [1.807, 2.05) is 76.2 Å². The van der Waals surface area contributed by atoms with Gasteiger partial charge in [-0.3, -0.25) is 0 Å². The van der Waals surface area contributed by atoms with Gasteiger partial charge in [-0.1, -0.05) is 39.7 Å². The topological polar surface area (TPSA) is 109 Å². The lowest BCUT2D eigenvalue weighted by atomic mass is 9.87. The van der Waals surface area contributed by atoms with Crippen LogP contribution in [0.1, 0.15) is 66.2 Å². The number of hydrogen-bond donors (Lipinski definition) is 4. The Kier molecular flexibility index (Phi) is 11.5. The molecule has 49 heavy (non-hydrogen) atoms. The quantitative estimate of drug-likeness (QED) is 0.0992. The second-order valence-electron chi connectivity index (χ2n) is 12.9. The fraction of sp³-hybridized carbons (Fsp3) is 0.405. The molecule has 5 aromatic rings. The van der Waals surface area contributed by atoms with Gasteiger partial charge in [0.2, 0.25) is 0 Å². The highest BCUT2D eigenvalue weighted by Gasteiger charge is 2.44. The Balaban J connectivity index is 1.46. The van der Waals surface area contributed by atoms with E-state index >= 15 is 0 Å². The summed E-state index contributed by atoms with van der Waals surface area (Å²) >= 11 is 21.1. The molecule has 3 aromatic carbocycles. The Morgan fingerprint density at radius 2 is 1.43 bits per heavy atom. The van der Waals surface area contributed by atoms with Crippen molar-refractivity contribution in [2.24, 2.45) is 0 Å². The van der Waals surface area contributed by atoms with E-state index in [1.165, 1.54) is 0 Å². The van der Waals surface area contributed by atoms with Crippen LogP contribution in [-0.2, 0) is 11.2 Å². The van der Waals surface area contributed by atoms with Gasteiger partial charge in [0.15, 0.2) is 0 Å². The first kappa shape index (κ1) is 36.8. The molecule has 1 aliphatic heterocycles. The van der Waals surface area contributed by atoms with Crippen molar-refractivity contribution in [3.8, 4) is 11.5 Å². The largest absolute Gasteiger partial charge is 0.491 e. The van der Waals surface area contributed by atoms with E-state index in [4.69, 9.17) is 37.4 Å². The molecule has 0 aliphatic carbocycles. The molecule has 1 aliphatic rings. The minimum Gasteiger partial charge on any atom is -0.491 e. The van der Waals surface area contributed by atoms with Crippen molar-refractivity contribution in [3.63, 3.8) is 0 Å². The molecule has 0 saturated carbocycles. The molecular formula is C37H39BrCl2O7S2. The predicted octanol–water partition coefficient (Wildman–Crippen LogP) is 8.54. The monoisotopic (exact) mass is 808 g/mol. The summed E-state index contributed by atoms with van der Waals surface area (Å²) in [5.74, 6) is 1.17. The van der Waals surface area contributed by atoms with Crippen LogP contribution in [0.5, 0.6) is 11.5 Å². The number of hydrogen-bond acceptors (Lipinski definition) is 9. The first-order valence-electron chi connectivity index (χ1n) is 16.1. The van der Waals surface area contributed by atoms with Crippen molar-refractivity contribution >= 4 is 82.0 Å². The van der Waals surface area contributed by atoms with Crippen LogP contribution in [0.15, 0.2) is 60.7 Å². The van der Waals surface area contributed by atoms with Crippen molar-refractivity contribution in [2.45, 2.75) is 87.0 Å². The number of halogens is 3. The molecular weight excluding hydrogens is 771 g/mol. The van der Waals surface area contributed by atoms with Crippen LogP contribution in [0.4, 0.5) is 0 Å². The normalized spacial score (nSPS) is 22.7. The second kappa shape index (κ2) is 15.3.